The summed E-state index contributed by atoms with van der Waals surface area (Å²) in [5.74, 6) is 1.08. The fourth-order valence-corrected chi connectivity index (χ4v) is 2.18. The number of nitrogens with zero attached hydrogens (tertiary/aromatic N) is 2. The normalized spacial score (nSPS) is 10.5. The second-order valence-corrected chi connectivity index (χ2v) is 5.11. The third kappa shape index (κ3) is 2.98. The van der Waals surface area contributed by atoms with Crippen LogP contribution in [0.5, 0.6) is 11.6 Å². The van der Waals surface area contributed by atoms with Crippen molar-refractivity contribution in [3.05, 3.63) is 59.9 Å². The molecule has 4 nitrogen and oxygen atoms in total. The van der Waals surface area contributed by atoms with Gasteiger partial charge in [-0.25, -0.2) is 4.98 Å². The van der Waals surface area contributed by atoms with E-state index in [1.54, 1.807) is 12.3 Å². The lowest BCUT2D eigenvalue weighted by Crippen LogP contribution is -2.10. The molecule has 2 N–H and O–H groups in total. The smallest absolute Gasteiger partial charge is 0.220 e. The van der Waals surface area contributed by atoms with E-state index in [-0.39, 0.29) is 0 Å². The first kappa shape index (κ1) is 13.5. The van der Waals surface area contributed by atoms with Crippen LogP contribution in [-0.4, -0.2) is 15.0 Å². The Hall–Kier alpha value is -2.53. The van der Waals surface area contributed by atoms with Crippen LogP contribution < -0.4 is 10.5 Å². The number of fused-ring (bicyclic) bond motifs is 1. The van der Waals surface area contributed by atoms with E-state index in [4.69, 9.17) is 22.7 Å². The maximum Gasteiger partial charge on any atom is 0.220 e. The van der Waals surface area contributed by atoms with E-state index < -0.39 is 0 Å². The number of pyridine rings is 2. The van der Waals surface area contributed by atoms with Crippen LogP contribution in [0.25, 0.3) is 10.9 Å². The van der Waals surface area contributed by atoms with E-state index in [1.807, 2.05) is 43.3 Å². The predicted octanol–water partition coefficient (Wildman–Crippen LogP) is 3.36. The maximum atomic E-state index is 5.77. The molecule has 21 heavy (non-hydrogen) atoms. The minimum absolute atomic E-state index is 0.321. The fraction of sp³-hybridized carbons (Fsp3) is 0.0625. The highest BCUT2D eigenvalue weighted by Crippen LogP contribution is 2.23. The first-order valence-corrected chi connectivity index (χ1v) is 6.84. The Balaban J connectivity index is 1.96. The molecular formula is C16H13N3OS. The van der Waals surface area contributed by atoms with Gasteiger partial charge in [0, 0.05) is 22.7 Å². The molecule has 0 bridgehead atoms. The summed E-state index contributed by atoms with van der Waals surface area (Å²) in [5.41, 5.74) is 8.11. The third-order valence-electron chi connectivity index (χ3n) is 3.00. The van der Waals surface area contributed by atoms with Crippen molar-refractivity contribution in [3.63, 3.8) is 0 Å². The minimum atomic E-state index is 0.321. The zero-order valence-corrected chi connectivity index (χ0v) is 12.2. The van der Waals surface area contributed by atoms with Crippen LogP contribution in [0.3, 0.4) is 0 Å². The summed E-state index contributed by atoms with van der Waals surface area (Å²) < 4.78 is 5.77. The molecule has 0 aliphatic carbocycles. The highest BCUT2D eigenvalue weighted by Gasteiger charge is 2.06. The number of rotatable bonds is 3. The van der Waals surface area contributed by atoms with Gasteiger partial charge in [0.1, 0.15) is 10.7 Å². The van der Waals surface area contributed by atoms with Gasteiger partial charge >= 0.3 is 0 Å². The third-order valence-corrected chi connectivity index (χ3v) is 3.24. The Labute approximate surface area is 127 Å². The molecule has 3 rings (SSSR count). The van der Waals surface area contributed by atoms with Crippen molar-refractivity contribution in [2.24, 2.45) is 5.73 Å². The summed E-state index contributed by atoms with van der Waals surface area (Å²) in [4.78, 5) is 9.00. The van der Waals surface area contributed by atoms with Crippen molar-refractivity contribution in [1.82, 2.24) is 9.97 Å². The van der Waals surface area contributed by atoms with Crippen LogP contribution in [0.15, 0.2) is 48.7 Å². The number of benzene rings is 1. The van der Waals surface area contributed by atoms with Gasteiger partial charge in [0.2, 0.25) is 5.88 Å². The molecule has 1 aromatic carbocycles. The Morgan fingerprint density at radius 1 is 1.19 bits per heavy atom. The molecule has 0 saturated heterocycles. The highest BCUT2D eigenvalue weighted by molar-refractivity contribution is 7.80. The number of aromatic nitrogens is 2. The molecule has 0 atom stereocenters. The summed E-state index contributed by atoms with van der Waals surface area (Å²) in [6.45, 7) is 1.87. The van der Waals surface area contributed by atoms with Gasteiger partial charge in [-0.15, -0.1) is 0 Å². The lowest BCUT2D eigenvalue weighted by Gasteiger charge is -2.08. The molecule has 5 heteroatoms. The molecule has 2 aromatic heterocycles. The molecule has 0 spiro atoms. The van der Waals surface area contributed by atoms with Crippen LogP contribution in [0.2, 0.25) is 0 Å². The molecule has 0 radical (unpaired) electrons. The molecule has 2 heterocycles. The number of aryl methyl sites for hydroxylation is 1. The van der Waals surface area contributed by atoms with Crippen molar-refractivity contribution in [1.29, 1.82) is 0 Å². The van der Waals surface area contributed by atoms with Gasteiger partial charge in [0.05, 0.1) is 11.7 Å². The standard InChI is InChI=1S/C16H13N3OS/c1-10-6-12(16(17)21)8-15(19-10)20-13-7-11-4-2-3-5-14(11)18-9-13/h2-9H,1H3,(H2,17,21). The number of hydrogen-bond acceptors (Lipinski definition) is 4. The second kappa shape index (κ2) is 5.46. The first-order chi connectivity index (χ1) is 10.1. The van der Waals surface area contributed by atoms with E-state index >= 15 is 0 Å². The summed E-state index contributed by atoms with van der Waals surface area (Å²) in [6.07, 6.45) is 1.67. The molecule has 104 valence electrons. The van der Waals surface area contributed by atoms with Crippen molar-refractivity contribution in [2.45, 2.75) is 6.92 Å². The molecular weight excluding hydrogens is 282 g/mol. The van der Waals surface area contributed by atoms with Crippen LogP contribution >= 0.6 is 12.2 Å². The quantitative estimate of drug-likeness (QED) is 0.751. The van der Waals surface area contributed by atoms with Gasteiger partial charge in [-0.05, 0) is 25.1 Å². The molecule has 3 aromatic rings. The number of hydrogen-bond donors (Lipinski definition) is 1. The average molecular weight is 295 g/mol. The van der Waals surface area contributed by atoms with Gasteiger partial charge in [-0.3, -0.25) is 4.98 Å². The van der Waals surface area contributed by atoms with Crippen molar-refractivity contribution < 1.29 is 4.74 Å². The Morgan fingerprint density at radius 3 is 2.81 bits per heavy atom. The van der Waals surface area contributed by atoms with E-state index in [2.05, 4.69) is 9.97 Å². The SMILES string of the molecule is Cc1cc(C(N)=S)cc(Oc2cnc3ccccc3c2)n1. The largest absolute Gasteiger partial charge is 0.437 e. The zero-order chi connectivity index (χ0) is 14.8. The van der Waals surface area contributed by atoms with E-state index in [9.17, 15) is 0 Å². The number of thiocarbonyl (C=S) groups is 1. The molecule has 0 saturated carbocycles. The van der Waals surface area contributed by atoms with Gasteiger partial charge in [-0.2, -0.15) is 0 Å². The maximum absolute atomic E-state index is 5.77. The average Bonchev–Trinajstić information content (AvgIpc) is 2.46. The van der Waals surface area contributed by atoms with Crippen LogP contribution in [0.1, 0.15) is 11.3 Å². The molecule has 0 aliphatic rings. The minimum Gasteiger partial charge on any atom is -0.437 e. The fourth-order valence-electron chi connectivity index (χ4n) is 2.06. The molecule has 0 amide bonds. The van der Waals surface area contributed by atoms with Crippen LogP contribution in [0.4, 0.5) is 0 Å². The molecule has 0 aliphatic heterocycles. The Kier molecular flexibility index (Phi) is 3.50. The van der Waals surface area contributed by atoms with Gasteiger partial charge < -0.3 is 10.5 Å². The summed E-state index contributed by atoms with van der Waals surface area (Å²) in [7, 11) is 0. The van der Waals surface area contributed by atoms with Gasteiger partial charge in [0.15, 0.2) is 0 Å². The second-order valence-electron chi connectivity index (χ2n) is 4.67. The van der Waals surface area contributed by atoms with E-state index in [0.29, 0.717) is 16.6 Å². The number of nitrogens with two attached hydrogens (primary N) is 1. The van der Waals surface area contributed by atoms with Crippen LogP contribution in [-0.2, 0) is 0 Å². The summed E-state index contributed by atoms with van der Waals surface area (Å²) in [5, 5.41) is 1.01. The predicted molar refractivity (Wildman–Crippen MR) is 86.7 cm³/mol. The lowest BCUT2D eigenvalue weighted by molar-refractivity contribution is 0.460. The first-order valence-electron chi connectivity index (χ1n) is 6.43. The van der Waals surface area contributed by atoms with Crippen LogP contribution in [0, 0.1) is 6.92 Å². The van der Waals surface area contributed by atoms with Crippen molar-refractivity contribution in [2.75, 3.05) is 0 Å². The Morgan fingerprint density at radius 2 is 2.00 bits per heavy atom. The Bertz CT molecular complexity index is 833. The van der Waals surface area contributed by atoms with E-state index in [1.165, 1.54) is 0 Å². The monoisotopic (exact) mass is 295 g/mol. The van der Waals surface area contributed by atoms with E-state index in [0.717, 1.165) is 22.2 Å². The highest BCUT2D eigenvalue weighted by atomic mass is 32.1. The summed E-state index contributed by atoms with van der Waals surface area (Å²) >= 11 is 4.99. The summed E-state index contributed by atoms with van der Waals surface area (Å²) in [6, 6.07) is 13.3. The number of para-hydroxylation sites is 1. The molecule has 0 unspecified atom stereocenters. The van der Waals surface area contributed by atoms with Gasteiger partial charge in [-0.1, -0.05) is 30.4 Å². The van der Waals surface area contributed by atoms with Crippen molar-refractivity contribution >= 4 is 28.1 Å². The van der Waals surface area contributed by atoms with Gasteiger partial charge in [0.25, 0.3) is 0 Å². The lowest BCUT2D eigenvalue weighted by atomic mass is 10.2. The van der Waals surface area contributed by atoms with Crippen molar-refractivity contribution in [3.8, 4) is 11.6 Å². The topological polar surface area (TPSA) is 61.0 Å². The molecule has 0 fully saturated rings. The zero-order valence-electron chi connectivity index (χ0n) is 11.4. The number of ether oxygens (including phenoxy) is 1.